The predicted molar refractivity (Wildman–Crippen MR) is 57.3 cm³/mol. The van der Waals surface area contributed by atoms with Gasteiger partial charge in [-0.2, -0.15) is 0 Å². The summed E-state index contributed by atoms with van der Waals surface area (Å²) in [5, 5.41) is -0.643. The minimum absolute atomic E-state index is 0.312. The molecule has 0 aromatic heterocycles. The first-order valence-corrected chi connectivity index (χ1v) is 6.80. The van der Waals surface area contributed by atoms with Crippen molar-refractivity contribution in [3.05, 3.63) is 35.6 Å². The van der Waals surface area contributed by atoms with Gasteiger partial charge in [0.25, 0.3) is 0 Å². The summed E-state index contributed by atoms with van der Waals surface area (Å²) in [5.74, 6) is -1.17. The van der Waals surface area contributed by atoms with E-state index in [1.165, 1.54) is 24.3 Å². The molecule has 1 fully saturated rings. The third-order valence-electron chi connectivity index (χ3n) is 2.91. The maximum atomic E-state index is 12.7. The van der Waals surface area contributed by atoms with Gasteiger partial charge in [0.05, 0.1) is 5.25 Å². The highest BCUT2D eigenvalue weighted by molar-refractivity contribution is 7.91. The molecule has 0 heterocycles. The van der Waals surface area contributed by atoms with E-state index in [0.717, 1.165) is 6.26 Å². The van der Waals surface area contributed by atoms with Gasteiger partial charge >= 0.3 is 0 Å². The Labute approximate surface area is 93.2 Å². The highest BCUT2D eigenvalue weighted by atomic mass is 32.2. The average molecular weight is 242 g/mol. The predicted octanol–water partition coefficient (Wildman–Crippen LogP) is 1.15. The van der Waals surface area contributed by atoms with Gasteiger partial charge in [-0.1, -0.05) is 12.1 Å². The molecule has 5 heteroatoms. The van der Waals surface area contributed by atoms with E-state index in [-0.39, 0.29) is 11.7 Å². The fourth-order valence-electron chi connectivity index (χ4n) is 2.12. The van der Waals surface area contributed by atoms with Crippen LogP contribution in [0.25, 0.3) is 0 Å². The molecule has 3 atom stereocenters. The van der Waals surface area contributed by atoms with Gasteiger partial charge in [-0.25, -0.2) is 12.8 Å². The van der Waals surface area contributed by atoms with Crippen LogP contribution < -0.4 is 0 Å². The third kappa shape index (κ3) is 1.87. The molecule has 0 saturated heterocycles. The number of rotatable bonds is 3. The van der Waals surface area contributed by atoms with Crippen molar-refractivity contribution in [1.29, 1.82) is 0 Å². The van der Waals surface area contributed by atoms with Crippen molar-refractivity contribution >= 4 is 16.1 Å². The van der Waals surface area contributed by atoms with Gasteiger partial charge in [0.15, 0.2) is 9.84 Å². The highest BCUT2D eigenvalue weighted by Gasteiger charge is 2.57. The van der Waals surface area contributed by atoms with Crippen LogP contribution in [0.2, 0.25) is 0 Å². The standard InChI is InChI=1S/C11H11FO3S/c1-16(14,15)11-9(6-13)10(11)7-2-4-8(12)5-3-7/h2-6,9-11H,1H3/t9-,10-,11-/m1/s1. The zero-order chi connectivity index (χ0) is 11.9. The molecule has 0 aliphatic heterocycles. The fraction of sp³-hybridized carbons (Fsp3) is 0.364. The van der Waals surface area contributed by atoms with E-state index in [4.69, 9.17) is 0 Å². The van der Waals surface area contributed by atoms with Crippen LogP contribution in [0.4, 0.5) is 4.39 Å². The lowest BCUT2D eigenvalue weighted by Crippen LogP contribution is -2.07. The van der Waals surface area contributed by atoms with E-state index in [0.29, 0.717) is 11.8 Å². The van der Waals surface area contributed by atoms with Crippen molar-refractivity contribution in [3.8, 4) is 0 Å². The van der Waals surface area contributed by atoms with Crippen LogP contribution in [0, 0.1) is 11.7 Å². The normalized spacial score (nSPS) is 28.8. The Morgan fingerprint density at radius 2 is 1.81 bits per heavy atom. The van der Waals surface area contributed by atoms with E-state index >= 15 is 0 Å². The molecular formula is C11H11FO3S. The minimum Gasteiger partial charge on any atom is -0.303 e. The zero-order valence-corrected chi connectivity index (χ0v) is 9.45. The summed E-state index contributed by atoms with van der Waals surface area (Å²) >= 11 is 0. The Balaban J connectivity index is 2.30. The molecule has 0 N–H and O–H groups in total. The summed E-state index contributed by atoms with van der Waals surface area (Å²) in [6.45, 7) is 0. The number of aldehydes is 1. The molecule has 3 nitrogen and oxygen atoms in total. The second-order valence-corrected chi connectivity index (χ2v) is 6.29. The molecular weight excluding hydrogens is 231 g/mol. The van der Waals surface area contributed by atoms with Crippen molar-refractivity contribution < 1.29 is 17.6 Å². The van der Waals surface area contributed by atoms with Crippen LogP contribution in [0.3, 0.4) is 0 Å². The summed E-state index contributed by atoms with van der Waals surface area (Å²) in [6.07, 6.45) is 1.79. The monoisotopic (exact) mass is 242 g/mol. The number of hydrogen-bond donors (Lipinski definition) is 0. The van der Waals surface area contributed by atoms with Gasteiger partial charge in [-0.05, 0) is 17.7 Å². The van der Waals surface area contributed by atoms with E-state index in [2.05, 4.69) is 0 Å². The van der Waals surface area contributed by atoms with Crippen LogP contribution in [0.15, 0.2) is 24.3 Å². The molecule has 0 unspecified atom stereocenters. The summed E-state index contributed by atoms with van der Waals surface area (Å²) in [5.41, 5.74) is 0.703. The summed E-state index contributed by atoms with van der Waals surface area (Å²) in [4.78, 5) is 10.7. The minimum atomic E-state index is -3.22. The molecule has 1 aromatic rings. The topological polar surface area (TPSA) is 51.2 Å². The van der Waals surface area contributed by atoms with E-state index < -0.39 is 21.0 Å². The first-order chi connectivity index (χ1) is 7.45. The lowest BCUT2D eigenvalue weighted by atomic mass is 10.1. The summed E-state index contributed by atoms with van der Waals surface area (Å²) in [7, 11) is -3.22. The second-order valence-electron chi connectivity index (χ2n) is 4.08. The lowest BCUT2D eigenvalue weighted by Gasteiger charge is -1.98. The van der Waals surface area contributed by atoms with Crippen LogP contribution in [-0.4, -0.2) is 26.2 Å². The number of benzene rings is 1. The average Bonchev–Trinajstić information content (AvgIpc) is 2.92. The highest BCUT2D eigenvalue weighted by Crippen LogP contribution is 2.50. The van der Waals surface area contributed by atoms with Crippen molar-refractivity contribution in [3.63, 3.8) is 0 Å². The molecule has 0 radical (unpaired) electrons. The Hall–Kier alpha value is -1.23. The Morgan fingerprint density at radius 1 is 1.25 bits per heavy atom. The van der Waals surface area contributed by atoms with Gasteiger partial charge in [0.2, 0.25) is 0 Å². The van der Waals surface area contributed by atoms with Gasteiger partial charge in [-0.15, -0.1) is 0 Å². The zero-order valence-electron chi connectivity index (χ0n) is 8.63. The van der Waals surface area contributed by atoms with Gasteiger partial charge in [-0.3, -0.25) is 0 Å². The Kier molecular flexibility index (Phi) is 2.58. The summed E-state index contributed by atoms with van der Waals surface area (Å²) < 4.78 is 35.5. The second kappa shape index (κ2) is 3.66. The number of hydrogen-bond acceptors (Lipinski definition) is 3. The largest absolute Gasteiger partial charge is 0.303 e. The van der Waals surface area contributed by atoms with Crippen molar-refractivity contribution in [2.45, 2.75) is 11.2 Å². The molecule has 16 heavy (non-hydrogen) atoms. The van der Waals surface area contributed by atoms with Crippen LogP contribution in [0.5, 0.6) is 0 Å². The maximum Gasteiger partial charge on any atom is 0.151 e. The molecule has 0 bridgehead atoms. The first-order valence-electron chi connectivity index (χ1n) is 4.85. The molecule has 2 rings (SSSR count). The van der Waals surface area contributed by atoms with Crippen LogP contribution >= 0.6 is 0 Å². The van der Waals surface area contributed by atoms with Crippen molar-refractivity contribution in [2.24, 2.45) is 5.92 Å². The van der Waals surface area contributed by atoms with Crippen LogP contribution in [0.1, 0.15) is 11.5 Å². The maximum absolute atomic E-state index is 12.7. The molecule has 86 valence electrons. The Morgan fingerprint density at radius 3 is 2.19 bits per heavy atom. The summed E-state index contributed by atoms with van der Waals surface area (Å²) in [6, 6.07) is 5.60. The quantitative estimate of drug-likeness (QED) is 0.747. The molecule has 1 aromatic carbocycles. The van der Waals surface area contributed by atoms with Gasteiger partial charge in [0.1, 0.15) is 12.1 Å². The van der Waals surface area contributed by atoms with Crippen molar-refractivity contribution in [1.82, 2.24) is 0 Å². The van der Waals surface area contributed by atoms with Gasteiger partial charge < -0.3 is 4.79 Å². The number of carbonyl (C=O) groups excluding carboxylic acids is 1. The van der Waals surface area contributed by atoms with Gasteiger partial charge in [0, 0.05) is 18.1 Å². The number of sulfone groups is 1. The van der Waals surface area contributed by atoms with E-state index in [1.54, 1.807) is 0 Å². The lowest BCUT2D eigenvalue weighted by molar-refractivity contribution is -0.108. The molecule has 1 aliphatic carbocycles. The van der Waals surface area contributed by atoms with E-state index in [1.807, 2.05) is 0 Å². The van der Waals surface area contributed by atoms with Crippen LogP contribution in [-0.2, 0) is 14.6 Å². The first kappa shape index (κ1) is 11.3. The molecule has 1 aliphatic rings. The Bertz CT molecular complexity index is 507. The molecule has 1 saturated carbocycles. The number of halogens is 1. The number of carbonyl (C=O) groups is 1. The SMILES string of the molecule is CS(=O)(=O)[C@@H]1[C@H](C=O)[C@H]1c1ccc(F)cc1. The third-order valence-corrected chi connectivity index (χ3v) is 4.51. The molecule has 0 spiro atoms. The fourth-order valence-corrected chi connectivity index (χ4v) is 3.70. The molecule has 0 amide bonds. The smallest absolute Gasteiger partial charge is 0.151 e. The van der Waals surface area contributed by atoms with E-state index in [9.17, 15) is 17.6 Å². The van der Waals surface area contributed by atoms with Crippen molar-refractivity contribution in [2.75, 3.05) is 6.26 Å².